The molecule has 0 unspecified atom stereocenters. The van der Waals surface area contributed by atoms with Gasteiger partial charge in [-0.3, -0.25) is 4.79 Å². The molecule has 0 radical (unpaired) electrons. The van der Waals surface area contributed by atoms with Gasteiger partial charge < -0.3 is 10.4 Å². The van der Waals surface area contributed by atoms with Gasteiger partial charge >= 0.3 is 0 Å². The summed E-state index contributed by atoms with van der Waals surface area (Å²) in [4.78, 5) is 11.7. The highest BCUT2D eigenvalue weighted by atomic mass is 35.5. The second-order valence-electron chi connectivity index (χ2n) is 5.13. The van der Waals surface area contributed by atoms with Crippen LogP contribution in [0.15, 0.2) is 0 Å². The van der Waals surface area contributed by atoms with E-state index in [4.69, 9.17) is 11.6 Å². The molecule has 0 aromatic carbocycles. The van der Waals surface area contributed by atoms with Gasteiger partial charge in [-0.05, 0) is 26.7 Å². The Balaban J connectivity index is 2.40. The molecule has 1 aliphatic rings. The van der Waals surface area contributed by atoms with Gasteiger partial charge in [0.1, 0.15) is 0 Å². The van der Waals surface area contributed by atoms with Gasteiger partial charge in [-0.25, -0.2) is 0 Å². The number of hydrogen-bond donors (Lipinski definition) is 2. The van der Waals surface area contributed by atoms with Gasteiger partial charge in [0.15, 0.2) is 0 Å². The molecule has 0 heterocycles. The van der Waals surface area contributed by atoms with E-state index in [0.717, 1.165) is 25.7 Å². The summed E-state index contributed by atoms with van der Waals surface area (Å²) in [5.41, 5.74) is -1.24. The Labute approximate surface area is 96.2 Å². The Morgan fingerprint density at radius 1 is 1.47 bits per heavy atom. The van der Waals surface area contributed by atoms with Gasteiger partial charge in [0.05, 0.1) is 11.0 Å². The second-order valence-corrected chi connectivity index (χ2v) is 5.40. The highest BCUT2D eigenvalue weighted by molar-refractivity contribution is 6.19. The summed E-state index contributed by atoms with van der Waals surface area (Å²) in [6.45, 7) is 3.95. The minimum Gasteiger partial charge on any atom is -0.388 e. The molecule has 1 fully saturated rings. The number of rotatable bonds is 4. The first-order valence-corrected chi connectivity index (χ1v) is 6.00. The van der Waals surface area contributed by atoms with Gasteiger partial charge in [-0.15, -0.1) is 11.6 Å². The van der Waals surface area contributed by atoms with E-state index in [1.165, 1.54) is 0 Å². The zero-order valence-electron chi connectivity index (χ0n) is 9.48. The Morgan fingerprint density at radius 2 is 2.00 bits per heavy atom. The topological polar surface area (TPSA) is 49.3 Å². The first-order valence-electron chi connectivity index (χ1n) is 5.46. The van der Waals surface area contributed by atoms with E-state index in [9.17, 15) is 9.90 Å². The zero-order chi connectivity index (χ0) is 11.5. The summed E-state index contributed by atoms with van der Waals surface area (Å²) in [5, 5.41) is 12.8. The predicted molar refractivity (Wildman–Crippen MR) is 60.9 cm³/mol. The lowest BCUT2D eigenvalue weighted by Gasteiger charge is -2.26. The van der Waals surface area contributed by atoms with Crippen LogP contribution in [0.5, 0.6) is 0 Å². The number of carbonyl (C=O) groups is 1. The molecule has 0 aromatic heterocycles. The molecule has 15 heavy (non-hydrogen) atoms. The fourth-order valence-electron chi connectivity index (χ4n) is 1.75. The van der Waals surface area contributed by atoms with Crippen LogP contribution in [0.2, 0.25) is 0 Å². The Kier molecular flexibility index (Phi) is 4.01. The lowest BCUT2D eigenvalue weighted by Crippen LogP contribution is -2.46. The van der Waals surface area contributed by atoms with Crippen LogP contribution in [0.25, 0.3) is 0 Å². The number of amides is 1. The number of carbonyl (C=O) groups excluding carboxylic acids is 1. The highest BCUT2D eigenvalue weighted by Crippen LogP contribution is 2.29. The maximum absolute atomic E-state index is 11.7. The average Bonchev–Trinajstić information content (AvgIpc) is 2.62. The summed E-state index contributed by atoms with van der Waals surface area (Å²) in [5.74, 6) is 0.204. The third-order valence-corrected chi connectivity index (χ3v) is 3.73. The van der Waals surface area contributed by atoms with E-state index in [0.29, 0.717) is 6.54 Å². The third-order valence-electron chi connectivity index (χ3n) is 3.06. The lowest BCUT2D eigenvalue weighted by molar-refractivity contribution is -0.129. The molecule has 1 saturated carbocycles. The van der Waals surface area contributed by atoms with Gasteiger partial charge in [0.25, 0.3) is 0 Å². The van der Waals surface area contributed by atoms with Crippen molar-refractivity contribution < 1.29 is 9.90 Å². The normalized spacial score (nSPS) is 20.3. The molecule has 1 aliphatic carbocycles. The van der Waals surface area contributed by atoms with Crippen LogP contribution in [0.3, 0.4) is 0 Å². The second kappa shape index (κ2) is 4.71. The molecule has 1 amide bonds. The molecule has 4 heteroatoms. The van der Waals surface area contributed by atoms with E-state index in [2.05, 4.69) is 5.32 Å². The van der Waals surface area contributed by atoms with E-state index >= 15 is 0 Å². The van der Waals surface area contributed by atoms with E-state index < -0.39 is 11.0 Å². The maximum atomic E-state index is 11.7. The highest BCUT2D eigenvalue weighted by Gasteiger charge is 2.33. The SMILES string of the molecule is CC(C)(CCl)C(=O)NCC1(O)CCCC1. The fraction of sp³-hybridized carbons (Fsp3) is 0.909. The van der Waals surface area contributed by atoms with Crippen LogP contribution in [0.1, 0.15) is 39.5 Å². The smallest absolute Gasteiger partial charge is 0.226 e. The maximum Gasteiger partial charge on any atom is 0.226 e. The summed E-state index contributed by atoms with van der Waals surface area (Å²) in [7, 11) is 0. The van der Waals surface area contributed by atoms with Crippen LogP contribution in [-0.2, 0) is 4.79 Å². The minimum atomic E-state index is -0.682. The van der Waals surface area contributed by atoms with Crippen molar-refractivity contribution in [1.82, 2.24) is 5.32 Å². The van der Waals surface area contributed by atoms with Gasteiger partial charge in [0, 0.05) is 12.4 Å². The van der Waals surface area contributed by atoms with E-state index in [1.54, 1.807) is 13.8 Å². The largest absolute Gasteiger partial charge is 0.388 e. The van der Waals surface area contributed by atoms with Crippen molar-refractivity contribution in [3.63, 3.8) is 0 Å². The quantitative estimate of drug-likeness (QED) is 0.726. The van der Waals surface area contributed by atoms with Crippen molar-refractivity contribution in [2.24, 2.45) is 5.41 Å². The zero-order valence-corrected chi connectivity index (χ0v) is 10.2. The van der Waals surface area contributed by atoms with E-state index in [1.807, 2.05) is 0 Å². The van der Waals surface area contributed by atoms with Crippen molar-refractivity contribution in [3.8, 4) is 0 Å². The molecule has 88 valence electrons. The average molecular weight is 234 g/mol. The molecule has 2 N–H and O–H groups in total. The van der Waals surface area contributed by atoms with Crippen molar-refractivity contribution >= 4 is 17.5 Å². The van der Waals surface area contributed by atoms with Crippen molar-refractivity contribution in [2.45, 2.75) is 45.1 Å². The molecular weight excluding hydrogens is 214 g/mol. The van der Waals surface area contributed by atoms with E-state index in [-0.39, 0.29) is 11.8 Å². The summed E-state index contributed by atoms with van der Waals surface area (Å²) in [6.07, 6.45) is 3.67. The number of alkyl halides is 1. The van der Waals surface area contributed by atoms with Crippen LogP contribution in [0, 0.1) is 5.41 Å². The Bertz CT molecular complexity index is 235. The Hall–Kier alpha value is -0.280. The molecule has 3 nitrogen and oxygen atoms in total. The van der Waals surface area contributed by atoms with Crippen molar-refractivity contribution in [1.29, 1.82) is 0 Å². The molecule has 0 bridgehead atoms. The standard InChI is InChI=1S/C11H20ClNO2/c1-10(2,7-12)9(14)13-8-11(15)5-3-4-6-11/h15H,3-8H2,1-2H3,(H,13,14). The fourth-order valence-corrected chi connectivity index (χ4v) is 1.88. The number of aliphatic hydroxyl groups is 1. The van der Waals surface area contributed by atoms with Crippen LogP contribution in [0.4, 0.5) is 0 Å². The molecule has 0 atom stereocenters. The van der Waals surface area contributed by atoms with Crippen LogP contribution < -0.4 is 5.32 Å². The minimum absolute atomic E-state index is 0.0853. The Morgan fingerprint density at radius 3 is 2.47 bits per heavy atom. The van der Waals surface area contributed by atoms with Crippen molar-refractivity contribution in [3.05, 3.63) is 0 Å². The molecule has 0 aromatic rings. The van der Waals surface area contributed by atoms with Gasteiger partial charge in [-0.2, -0.15) is 0 Å². The summed E-state index contributed by atoms with van der Waals surface area (Å²) < 4.78 is 0. The van der Waals surface area contributed by atoms with Crippen molar-refractivity contribution in [2.75, 3.05) is 12.4 Å². The monoisotopic (exact) mass is 233 g/mol. The predicted octanol–water partition coefficient (Wildman–Crippen LogP) is 1.67. The lowest BCUT2D eigenvalue weighted by atomic mass is 9.94. The molecule has 0 aliphatic heterocycles. The first kappa shape index (κ1) is 12.8. The molecule has 1 rings (SSSR count). The van der Waals surface area contributed by atoms with Crippen LogP contribution in [-0.4, -0.2) is 29.0 Å². The first-order chi connectivity index (χ1) is 6.90. The number of nitrogens with one attached hydrogen (secondary N) is 1. The number of hydrogen-bond acceptors (Lipinski definition) is 2. The molecule has 0 saturated heterocycles. The summed E-state index contributed by atoms with van der Waals surface area (Å²) in [6, 6.07) is 0. The molecular formula is C11H20ClNO2. The molecule has 0 spiro atoms. The van der Waals surface area contributed by atoms with Crippen LogP contribution >= 0.6 is 11.6 Å². The third kappa shape index (κ3) is 3.35. The number of halogens is 1. The summed E-state index contributed by atoms with van der Waals surface area (Å²) >= 11 is 5.69. The van der Waals surface area contributed by atoms with Gasteiger partial charge in [0.2, 0.25) is 5.91 Å². The van der Waals surface area contributed by atoms with Gasteiger partial charge in [-0.1, -0.05) is 12.8 Å².